The van der Waals surface area contributed by atoms with Gasteiger partial charge in [0.1, 0.15) is 0 Å². The summed E-state index contributed by atoms with van der Waals surface area (Å²) in [4.78, 5) is 10.8. The maximum atomic E-state index is 10.8. The Hall–Kier alpha value is -1.51. The van der Waals surface area contributed by atoms with Gasteiger partial charge in [-0.05, 0) is 30.3 Å². The Labute approximate surface area is 116 Å². The van der Waals surface area contributed by atoms with E-state index in [2.05, 4.69) is 37.2 Å². The lowest BCUT2D eigenvalue weighted by atomic mass is 10.1. The van der Waals surface area contributed by atoms with Crippen LogP contribution in [-0.2, 0) is 9.53 Å². The summed E-state index contributed by atoms with van der Waals surface area (Å²) in [6.07, 6.45) is 10.3. The van der Waals surface area contributed by atoms with Gasteiger partial charge in [0, 0.05) is 6.42 Å². The van der Waals surface area contributed by atoms with Gasteiger partial charge in [0.05, 0.1) is 12.2 Å². The molecule has 1 saturated heterocycles. The van der Waals surface area contributed by atoms with E-state index in [0.717, 1.165) is 12.8 Å². The molecule has 1 fully saturated rings. The highest BCUT2D eigenvalue weighted by Gasteiger charge is 2.36. The smallest absolute Gasteiger partial charge is 0.229 e. The van der Waals surface area contributed by atoms with Crippen LogP contribution in [0.4, 0.5) is 0 Å². The molecule has 1 rings (SSSR count). The summed E-state index contributed by atoms with van der Waals surface area (Å²) >= 11 is 0. The van der Waals surface area contributed by atoms with Crippen molar-refractivity contribution in [2.75, 3.05) is 0 Å². The van der Waals surface area contributed by atoms with Crippen LogP contribution < -0.4 is 0 Å². The van der Waals surface area contributed by atoms with Crippen molar-refractivity contribution < 1.29 is 9.53 Å². The van der Waals surface area contributed by atoms with Crippen LogP contribution in [0.15, 0.2) is 12.7 Å². The molecule has 0 amide bonds. The molecule has 2 heteroatoms. The summed E-state index contributed by atoms with van der Waals surface area (Å²) in [5.74, 6) is 10.2. The molecule has 0 aromatic rings. The number of hydrogen-bond donors (Lipinski definition) is 0. The van der Waals surface area contributed by atoms with Crippen LogP contribution in [0.3, 0.4) is 0 Å². The number of allylic oxidation sites excluding steroid dienone is 1. The first kappa shape index (κ1) is 15.5. The minimum atomic E-state index is -0.290. The highest BCUT2D eigenvalue weighted by atomic mass is 16.6. The van der Waals surface area contributed by atoms with Crippen molar-refractivity contribution in [3.63, 3.8) is 0 Å². The lowest BCUT2D eigenvalue weighted by Crippen LogP contribution is -1.93. The van der Waals surface area contributed by atoms with Crippen molar-refractivity contribution in [1.82, 2.24) is 0 Å². The number of ketones is 1. The topological polar surface area (TPSA) is 29.6 Å². The molecule has 1 aliphatic heterocycles. The Morgan fingerprint density at radius 1 is 1.21 bits per heavy atom. The van der Waals surface area contributed by atoms with Gasteiger partial charge in [0.25, 0.3) is 0 Å². The Morgan fingerprint density at radius 2 is 2.00 bits per heavy atom. The summed E-state index contributed by atoms with van der Waals surface area (Å²) < 4.78 is 5.54. The fraction of sp³-hybridized carbons (Fsp3) is 0.588. The number of carbonyl (C=O) groups excluding carboxylic acids is 1. The normalized spacial score (nSPS) is 19.6. The van der Waals surface area contributed by atoms with E-state index in [-0.39, 0.29) is 11.9 Å². The number of ether oxygens (including phenoxy) is 1. The van der Waals surface area contributed by atoms with E-state index in [9.17, 15) is 4.79 Å². The van der Waals surface area contributed by atoms with Crippen molar-refractivity contribution in [3.05, 3.63) is 12.7 Å². The van der Waals surface area contributed by atoms with Crippen LogP contribution in [0.25, 0.3) is 0 Å². The van der Waals surface area contributed by atoms with Gasteiger partial charge in [-0.3, -0.25) is 4.79 Å². The molecule has 1 aliphatic rings. The monoisotopic (exact) mass is 258 g/mol. The van der Waals surface area contributed by atoms with Gasteiger partial charge in [-0.1, -0.05) is 51.5 Å². The third kappa shape index (κ3) is 7.50. The standard InChI is InChI=1S/C17H22O2/c1-3-5-6-7-10-13-16-17(19-16)14-11-8-9-12-15(18)4-2/h4,16-17H,2-3,5-7,10,13-14H2,1H3/t16-,17+/m0/s1. The van der Waals surface area contributed by atoms with Crippen LogP contribution in [0.2, 0.25) is 0 Å². The molecule has 2 nitrogen and oxygen atoms in total. The molecule has 0 unspecified atom stereocenters. The third-order valence-corrected chi connectivity index (χ3v) is 3.11. The molecule has 0 aromatic heterocycles. The van der Waals surface area contributed by atoms with E-state index in [4.69, 9.17) is 4.74 Å². The molecule has 2 atom stereocenters. The minimum Gasteiger partial charge on any atom is -0.369 e. The average molecular weight is 258 g/mol. The lowest BCUT2D eigenvalue weighted by molar-refractivity contribution is -0.109. The molecule has 0 N–H and O–H groups in total. The maximum Gasteiger partial charge on any atom is 0.229 e. The Bertz CT molecular complexity index is 414. The zero-order valence-corrected chi connectivity index (χ0v) is 11.7. The van der Waals surface area contributed by atoms with Crippen molar-refractivity contribution in [3.8, 4) is 23.7 Å². The Kier molecular flexibility index (Phi) is 7.71. The molecule has 102 valence electrons. The molecule has 0 bridgehead atoms. The van der Waals surface area contributed by atoms with Crippen molar-refractivity contribution in [2.45, 2.75) is 64.1 Å². The van der Waals surface area contributed by atoms with Gasteiger partial charge in [-0.25, -0.2) is 0 Å². The van der Waals surface area contributed by atoms with E-state index in [0.29, 0.717) is 6.10 Å². The molecule has 19 heavy (non-hydrogen) atoms. The summed E-state index contributed by atoms with van der Waals surface area (Å²) in [5.41, 5.74) is 0. The zero-order valence-electron chi connectivity index (χ0n) is 11.7. The average Bonchev–Trinajstić information content (AvgIpc) is 3.16. The van der Waals surface area contributed by atoms with Gasteiger partial charge in [-0.15, -0.1) is 0 Å². The van der Waals surface area contributed by atoms with Crippen LogP contribution in [0.5, 0.6) is 0 Å². The predicted molar refractivity (Wildman–Crippen MR) is 77.4 cm³/mol. The summed E-state index contributed by atoms with van der Waals surface area (Å²) in [5, 5.41) is 0. The van der Waals surface area contributed by atoms with Crippen molar-refractivity contribution in [2.24, 2.45) is 0 Å². The van der Waals surface area contributed by atoms with Crippen molar-refractivity contribution in [1.29, 1.82) is 0 Å². The number of hydrogen-bond acceptors (Lipinski definition) is 2. The van der Waals surface area contributed by atoms with E-state index in [1.165, 1.54) is 38.2 Å². The summed E-state index contributed by atoms with van der Waals surface area (Å²) in [7, 11) is 0. The second-order valence-corrected chi connectivity index (χ2v) is 4.74. The summed E-state index contributed by atoms with van der Waals surface area (Å²) in [6, 6.07) is 0. The van der Waals surface area contributed by atoms with Crippen LogP contribution in [-0.4, -0.2) is 18.0 Å². The molecule has 0 aliphatic carbocycles. The van der Waals surface area contributed by atoms with Crippen LogP contribution >= 0.6 is 0 Å². The largest absolute Gasteiger partial charge is 0.369 e. The Balaban J connectivity index is 2.04. The van der Waals surface area contributed by atoms with Crippen LogP contribution in [0, 0.1) is 23.7 Å². The van der Waals surface area contributed by atoms with Gasteiger partial charge in [0.2, 0.25) is 5.78 Å². The van der Waals surface area contributed by atoms with Gasteiger partial charge < -0.3 is 4.74 Å². The molecule has 0 aromatic carbocycles. The molecular formula is C17H22O2. The second-order valence-electron chi connectivity index (χ2n) is 4.74. The van der Waals surface area contributed by atoms with E-state index < -0.39 is 0 Å². The van der Waals surface area contributed by atoms with E-state index in [1.807, 2.05) is 0 Å². The lowest BCUT2D eigenvalue weighted by Gasteiger charge is -1.96. The fourth-order valence-corrected chi connectivity index (χ4v) is 1.90. The molecular weight excluding hydrogens is 236 g/mol. The second kappa shape index (κ2) is 9.42. The number of epoxide rings is 1. The Morgan fingerprint density at radius 3 is 2.74 bits per heavy atom. The van der Waals surface area contributed by atoms with E-state index >= 15 is 0 Å². The molecule has 0 saturated carbocycles. The first-order chi connectivity index (χ1) is 9.27. The number of rotatable bonds is 8. The molecule has 1 heterocycles. The van der Waals surface area contributed by atoms with Gasteiger partial charge in [0.15, 0.2) is 0 Å². The summed E-state index contributed by atoms with van der Waals surface area (Å²) in [6.45, 7) is 5.56. The first-order valence-corrected chi connectivity index (χ1v) is 7.08. The highest BCUT2D eigenvalue weighted by molar-refractivity contribution is 6.04. The van der Waals surface area contributed by atoms with Crippen molar-refractivity contribution >= 4 is 5.78 Å². The first-order valence-electron chi connectivity index (χ1n) is 7.08. The minimum absolute atomic E-state index is 0.288. The maximum absolute atomic E-state index is 10.8. The van der Waals surface area contributed by atoms with Crippen LogP contribution in [0.1, 0.15) is 51.9 Å². The quantitative estimate of drug-likeness (QED) is 0.220. The third-order valence-electron chi connectivity index (χ3n) is 3.11. The molecule has 0 spiro atoms. The predicted octanol–water partition coefficient (Wildman–Crippen LogP) is 3.27. The molecule has 0 radical (unpaired) electrons. The number of carbonyl (C=O) groups is 1. The van der Waals surface area contributed by atoms with E-state index in [1.54, 1.807) is 0 Å². The fourth-order valence-electron chi connectivity index (χ4n) is 1.90. The SMILES string of the molecule is C=CC(=O)C#CC#CC[C@H]1O[C@H]1CCCCCCC. The number of unbranched alkanes of at least 4 members (excludes halogenated alkanes) is 4. The van der Waals surface area contributed by atoms with Gasteiger partial charge >= 0.3 is 0 Å². The van der Waals surface area contributed by atoms with Gasteiger partial charge in [-0.2, -0.15) is 0 Å². The zero-order chi connectivity index (χ0) is 13.9. The highest BCUT2D eigenvalue weighted by Crippen LogP contribution is 2.29.